The largest absolute Gasteiger partial charge is 0.493 e. The number of ether oxygens (including phenoxy) is 2. The Bertz CT molecular complexity index is 640. The number of hydrogen-bond acceptors (Lipinski definition) is 5. The van der Waals surface area contributed by atoms with E-state index in [0.29, 0.717) is 18.9 Å². The predicted molar refractivity (Wildman–Crippen MR) is 106 cm³/mol. The van der Waals surface area contributed by atoms with E-state index in [4.69, 9.17) is 14.6 Å². The highest BCUT2D eigenvalue weighted by Crippen LogP contribution is 2.44. The number of aliphatic hydroxyl groups excluding tert-OH is 2. The first kappa shape index (κ1) is 20.4. The first-order chi connectivity index (χ1) is 12.8. The van der Waals surface area contributed by atoms with E-state index in [1.807, 2.05) is 0 Å². The zero-order valence-electron chi connectivity index (χ0n) is 17.2. The van der Waals surface area contributed by atoms with Gasteiger partial charge in [0.1, 0.15) is 0 Å². The average Bonchev–Trinajstić information content (AvgIpc) is 2.61. The summed E-state index contributed by atoms with van der Waals surface area (Å²) in [7, 11) is 1.66. The van der Waals surface area contributed by atoms with E-state index in [9.17, 15) is 5.11 Å². The van der Waals surface area contributed by atoms with Crippen LogP contribution >= 0.6 is 0 Å². The summed E-state index contributed by atoms with van der Waals surface area (Å²) in [5.41, 5.74) is 2.79. The molecule has 2 N–H and O–H groups in total. The molecule has 5 heteroatoms. The molecule has 3 rings (SSSR count). The molecular formula is C22H35NO4. The molecular weight excluding hydrogens is 342 g/mol. The van der Waals surface area contributed by atoms with Crippen LogP contribution in [-0.2, 0) is 6.42 Å². The molecule has 2 aliphatic rings. The highest BCUT2D eigenvalue weighted by molar-refractivity contribution is 5.49. The number of rotatable bonds is 6. The third kappa shape index (κ3) is 4.76. The van der Waals surface area contributed by atoms with Crippen molar-refractivity contribution in [2.45, 2.75) is 58.6 Å². The first-order valence-corrected chi connectivity index (χ1v) is 10.2. The summed E-state index contributed by atoms with van der Waals surface area (Å²) in [6.45, 7) is 9.33. The molecule has 0 aliphatic carbocycles. The molecule has 0 spiro atoms. The van der Waals surface area contributed by atoms with Crippen molar-refractivity contribution in [2.75, 3.05) is 33.4 Å². The topological polar surface area (TPSA) is 62.2 Å². The summed E-state index contributed by atoms with van der Waals surface area (Å²) in [6, 6.07) is 4.44. The van der Waals surface area contributed by atoms with Gasteiger partial charge in [0.2, 0.25) is 0 Å². The lowest BCUT2D eigenvalue weighted by molar-refractivity contribution is -0.0259. The van der Waals surface area contributed by atoms with Crippen LogP contribution in [-0.4, -0.2) is 54.6 Å². The third-order valence-electron chi connectivity index (χ3n) is 5.81. The maximum Gasteiger partial charge on any atom is 0.161 e. The van der Waals surface area contributed by atoms with Crippen LogP contribution < -0.4 is 9.47 Å². The number of fused-ring (bicyclic) bond motifs is 3. The highest BCUT2D eigenvalue weighted by atomic mass is 16.5. The lowest BCUT2D eigenvalue weighted by Gasteiger charge is -2.47. The molecule has 3 unspecified atom stereocenters. The average molecular weight is 378 g/mol. The van der Waals surface area contributed by atoms with Crippen LogP contribution in [0.3, 0.4) is 0 Å². The molecule has 1 fully saturated rings. The van der Waals surface area contributed by atoms with Gasteiger partial charge in [0.15, 0.2) is 11.5 Å². The fourth-order valence-electron chi connectivity index (χ4n) is 4.61. The second-order valence-electron chi connectivity index (χ2n) is 9.22. The van der Waals surface area contributed by atoms with Gasteiger partial charge >= 0.3 is 0 Å². The number of aliphatic hydroxyl groups is 2. The van der Waals surface area contributed by atoms with Crippen LogP contribution in [0.15, 0.2) is 12.1 Å². The molecule has 0 aromatic heterocycles. The number of hydrogen-bond donors (Lipinski definition) is 2. The van der Waals surface area contributed by atoms with Gasteiger partial charge in [0.25, 0.3) is 0 Å². The third-order valence-corrected chi connectivity index (χ3v) is 5.81. The van der Waals surface area contributed by atoms with Crippen molar-refractivity contribution in [3.05, 3.63) is 23.3 Å². The van der Waals surface area contributed by atoms with E-state index in [1.54, 1.807) is 7.11 Å². The maximum absolute atomic E-state index is 10.8. The Hall–Kier alpha value is -1.30. The van der Waals surface area contributed by atoms with Crippen molar-refractivity contribution >= 4 is 0 Å². The second-order valence-corrected chi connectivity index (χ2v) is 9.22. The van der Waals surface area contributed by atoms with Gasteiger partial charge in [-0.3, -0.25) is 4.90 Å². The van der Waals surface area contributed by atoms with Crippen molar-refractivity contribution in [2.24, 2.45) is 11.3 Å². The minimum Gasteiger partial charge on any atom is -0.493 e. The fraction of sp³-hybridized carbons (Fsp3) is 0.727. The molecule has 3 atom stereocenters. The van der Waals surface area contributed by atoms with Crippen molar-refractivity contribution in [3.63, 3.8) is 0 Å². The molecule has 0 amide bonds. The Balaban J connectivity index is 1.80. The van der Waals surface area contributed by atoms with Gasteiger partial charge in [-0.1, -0.05) is 20.8 Å². The quantitative estimate of drug-likeness (QED) is 0.746. The van der Waals surface area contributed by atoms with E-state index < -0.39 is 0 Å². The second kappa shape index (κ2) is 8.38. The van der Waals surface area contributed by atoms with Crippen molar-refractivity contribution in [3.8, 4) is 11.5 Å². The molecule has 1 aromatic carbocycles. The van der Waals surface area contributed by atoms with Gasteiger partial charge in [-0.05, 0) is 53.9 Å². The normalized spacial score (nSPS) is 25.6. The van der Waals surface area contributed by atoms with E-state index in [-0.39, 0.29) is 24.2 Å². The van der Waals surface area contributed by atoms with Crippen molar-refractivity contribution in [1.82, 2.24) is 4.90 Å². The summed E-state index contributed by atoms with van der Waals surface area (Å²) in [5.74, 6) is 1.82. The van der Waals surface area contributed by atoms with Gasteiger partial charge in [-0.25, -0.2) is 0 Å². The Kier molecular flexibility index (Phi) is 6.34. The lowest BCUT2D eigenvalue weighted by Crippen LogP contribution is -2.48. The van der Waals surface area contributed by atoms with Crippen LogP contribution in [0.4, 0.5) is 0 Å². The van der Waals surface area contributed by atoms with Crippen LogP contribution in [0.2, 0.25) is 0 Å². The van der Waals surface area contributed by atoms with Gasteiger partial charge < -0.3 is 19.7 Å². The van der Waals surface area contributed by atoms with E-state index in [1.165, 1.54) is 11.1 Å². The van der Waals surface area contributed by atoms with E-state index >= 15 is 0 Å². The summed E-state index contributed by atoms with van der Waals surface area (Å²) < 4.78 is 11.4. The van der Waals surface area contributed by atoms with E-state index in [0.717, 1.165) is 43.9 Å². The van der Waals surface area contributed by atoms with Gasteiger partial charge in [0.05, 0.1) is 19.8 Å². The first-order valence-electron chi connectivity index (χ1n) is 10.2. The minimum absolute atomic E-state index is 0.123. The smallest absolute Gasteiger partial charge is 0.161 e. The van der Waals surface area contributed by atoms with Crippen LogP contribution in [0.25, 0.3) is 0 Å². The van der Waals surface area contributed by atoms with Crippen LogP contribution in [0.5, 0.6) is 11.5 Å². The SMILES string of the molecule is COc1cc2c(cc1OCCCO)CCN1CC(CC(C)(C)C)C(O)CC21. The molecule has 1 saturated heterocycles. The molecule has 1 aromatic rings. The van der Waals surface area contributed by atoms with Gasteiger partial charge in [0, 0.05) is 32.2 Å². The van der Waals surface area contributed by atoms with Crippen molar-refractivity contribution < 1.29 is 19.7 Å². The Morgan fingerprint density at radius 1 is 1.22 bits per heavy atom. The van der Waals surface area contributed by atoms with E-state index in [2.05, 4.69) is 37.8 Å². The fourth-order valence-corrected chi connectivity index (χ4v) is 4.61. The van der Waals surface area contributed by atoms with Gasteiger partial charge in [-0.2, -0.15) is 0 Å². The molecule has 0 bridgehead atoms. The standard InChI is InChI=1S/C22H35NO4/c1-22(2,3)13-16-14-23-7-6-15-10-21(27-9-5-8-24)20(26-4)11-17(15)18(23)12-19(16)25/h10-11,16,18-19,24-25H,5-9,12-14H2,1-4H3. The summed E-state index contributed by atoms with van der Waals surface area (Å²) in [6.07, 6.45) is 3.16. The number of methoxy groups -OCH3 is 1. The zero-order chi connectivity index (χ0) is 19.6. The minimum atomic E-state index is -0.261. The number of piperidine rings is 1. The molecule has 0 radical (unpaired) electrons. The highest BCUT2D eigenvalue weighted by Gasteiger charge is 2.39. The maximum atomic E-state index is 10.8. The zero-order valence-corrected chi connectivity index (χ0v) is 17.2. The summed E-state index contributed by atoms with van der Waals surface area (Å²) in [5, 5.41) is 19.8. The molecule has 27 heavy (non-hydrogen) atoms. The van der Waals surface area contributed by atoms with Crippen LogP contribution in [0, 0.1) is 11.3 Å². The Morgan fingerprint density at radius 2 is 2.00 bits per heavy atom. The lowest BCUT2D eigenvalue weighted by atomic mass is 9.75. The molecule has 2 aliphatic heterocycles. The monoisotopic (exact) mass is 377 g/mol. The van der Waals surface area contributed by atoms with Gasteiger partial charge in [-0.15, -0.1) is 0 Å². The Labute approximate surface area is 163 Å². The molecule has 0 saturated carbocycles. The number of nitrogens with zero attached hydrogens (tertiary/aromatic N) is 1. The summed E-state index contributed by atoms with van der Waals surface area (Å²) in [4.78, 5) is 2.54. The summed E-state index contributed by atoms with van der Waals surface area (Å²) >= 11 is 0. The van der Waals surface area contributed by atoms with Crippen LogP contribution in [0.1, 0.15) is 57.2 Å². The molecule has 5 nitrogen and oxygen atoms in total. The predicted octanol–water partition coefficient (Wildman–Crippen LogP) is 3.17. The number of benzene rings is 1. The Morgan fingerprint density at radius 3 is 2.67 bits per heavy atom. The molecule has 152 valence electrons. The molecule has 2 heterocycles. The van der Waals surface area contributed by atoms with Crippen molar-refractivity contribution in [1.29, 1.82) is 0 Å².